The van der Waals surface area contributed by atoms with Crippen molar-refractivity contribution in [1.82, 2.24) is 9.78 Å². The van der Waals surface area contributed by atoms with Crippen LogP contribution < -0.4 is 10.1 Å². The van der Waals surface area contributed by atoms with Crippen molar-refractivity contribution in [3.8, 4) is 17.5 Å². The van der Waals surface area contributed by atoms with E-state index in [0.717, 1.165) is 5.56 Å². The largest absolute Gasteiger partial charge is 0.496 e. The summed E-state index contributed by atoms with van der Waals surface area (Å²) in [5, 5.41) is 16.2. The smallest absolute Gasteiger partial charge is 0.226 e. The van der Waals surface area contributed by atoms with E-state index in [4.69, 9.17) is 4.74 Å². The molecular weight excluding hydrogens is 368 g/mol. The van der Waals surface area contributed by atoms with Crippen molar-refractivity contribution in [1.29, 1.82) is 5.26 Å². The third-order valence-electron chi connectivity index (χ3n) is 4.38. The van der Waals surface area contributed by atoms with Crippen LogP contribution in [0.25, 0.3) is 5.69 Å². The number of ether oxygens (including phenoxy) is 1. The highest BCUT2D eigenvalue weighted by atomic mass is 16.5. The molecule has 0 radical (unpaired) electrons. The highest BCUT2D eigenvalue weighted by Gasteiger charge is 2.18. The number of aryl methyl sites for hydroxylation is 1. The molecule has 0 saturated carbocycles. The molecule has 0 aliphatic heterocycles. The van der Waals surface area contributed by atoms with E-state index in [0.29, 0.717) is 17.0 Å². The minimum absolute atomic E-state index is 0.0208. The summed E-state index contributed by atoms with van der Waals surface area (Å²) >= 11 is 0. The third kappa shape index (κ3) is 4.50. The Hall–Kier alpha value is -3.92. The quantitative estimate of drug-likeness (QED) is 0.623. The highest BCUT2D eigenvalue weighted by molar-refractivity contribution is 6.02. The lowest BCUT2D eigenvalue weighted by molar-refractivity contribution is -0.116. The van der Waals surface area contributed by atoms with E-state index in [1.807, 2.05) is 49.4 Å². The van der Waals surface area contributed by atoms with Gasteiger partial charge in [0, 0.05) is 12.8 Å². The van der Waals surface area contributed by atoms with Crippen LogP contribution in [0.2, 0.25) is 0 Å². The number of anilines is 1. The second-order valence-corrected chi connectivity index (χ2v) is 6.44. The fraction of sp³-hybridized carbons (Fsp3) is 0.182. The van der Waals surface area contributed by atoms with Gasteiger partial charge in [0.15, 0.2) is 11.6 Å². The van der Waals surface area contributed by atoms with Gasteiger partial charge in [-0.3, -0.25) is 9.59 Å². The zero-order valence-electron chi connectivity index (χ0n) is 16.2. The molecule has 1 aromatic heterocycles. The number of nitriles is 1. The van der Waals surface area contributed by atoms with Gasteiger partial charge < -0.3 is 10.1 Å². The normalized spacial score (nSPS) is 10.2. The molecule has 0 unspecified atom stereocenters. The molecule has 0 spiro atoms. The molecule has 0 saturated heterocycles. The van der Waals surface area contributed by atoms with Crippen molar-refractivity contribution < 1.29 is 14.3 Å². The summed E-state index contributed by atoms with van der Waals surface area (Å²) in [7, 11) is 1.50. The molecular formula is C22H20N4O3. The Morgan fingerprint density at radius 3 is 2.62 bits per heavy atom. The predicted octanol–water partition coefficient (Wildman–Crippen LogP) is 3.66. The number of nitrogens with one attached hydrogen (secondary N) is 1. The van der Waals surface area contributed by atoms with Crippen LogP contribution in [-0.4, -0.2) is 28.6 Å². The molecule has 29 heavy (non-hydrogen) atoms. The second-order valence-electron chi connectivity index (χ2n) is 6.44. The first-order chi connectivity index (χ1) is 14.0. The lowest BCUT2D eigenvalue weighted by atomic mass is 10.0. The number of para-hydroxylation sites is 1. The van der Waals surface area contributed by atoms with E-state index in [-0.39, 0.29) is 35.9 Å². The molecule has 3 aromatic rings. The average molecular weight is 388 g/mol. The first-order valence-electron chi connectivity index (χ1n) is 9.04. The number of benzene rings is 2. The zero-order valence-corrected chi connectivity index (χ0v) is 16.2. The maximum atomic E-state index is 12.6. The fourth-order valence-electron chi connectivity index (χ4n) is 2.91. The minimum Gasteiger partial charge on any atom is -0.496 e. The van der Waals surface area contributed by atoms with E-state index >= 15 is 0 Å². The standard InChI is InChI=1S/C22H20N4O3/c1-15-8-10-20(29-2)18(12-15)19(27)9-11-21(28)25-22-16(13-23)14-24-26(22)17-6-4-3-5-7-17/h3-8,10,12,14H,9,11H2,1-2H3,(H,25,28). The monoisotopic (exact) mass is 388 g/mol. The number of carbonyl (C=O) groups excluding carboxylic acids is 2. The zero-order chi connectivity index (χ0) is 20.8. The van der Waals surface area contributed by atoms with E-state index in [1.165, 1.54) is 18.0 Å². The summed E-state index contributed by atoms with van der Waals surface area (Å²) < 4.78 is 6.73. The van der Waals surface area contributed by atoms with Crippen LogP contribution in [0.15, 0.2) is 54.7 Å². The van der Waals surface area contributed by atoms with Gasteiger partial charge in [-0.05, 0) is 31.2 Å². The second kappa shape index (κ2) is 8.85. The lowest BCUT2D eigenvalue weighted by Gasteiger charge is -2.10. The molecule has 1 amide bonds. The number of methoxy groups -OCH3 is 1. The maximum Gasteiger partial charge on any atom is 0.226 e. The number of hydrogen-bond donors (Lipinski definition) is 1. The Kier molecular flexibility index (Phi) is 6.05. The summed E-state index contributed by atoms with van der Waals surface area (Å²) in [6.07, 6.45) is 1.39. The molecule has 0 aliphatic rings. The topological polar surface area (TPSA) is 97.0 Å². The summed E-state index contributed by atoms with van der Waals surface area (Å²) in [6, 6.07) is 16.5. The fourth-order valence-corrected chi connectivity index (χ4v) is 2.91. The van der Waals surface area contributed by atoms with Crippen molar-refractivity contribution in [2.75, 3.05) is 12.4 Å². The molecule has 7 heteroatoms. The van der Waals surface area contributed by atoms with Crippen LogP contribution >= 0.6 is 0 Å². The van der Waals surface area contributed by atoms with Crippen molar-refractivity contribution >= 4 is 17.5 Å². The molecule has 0 aliphatic carbocycles. The minimum atomic E-state index is -0.376. The molecule has 146 valence electrons. The summed E-state index contributed by atoms with van der Waals surface area (Å²) in [6.45, 7) is 1.89. The average Bonchev–Trinajstić information content (AvgIpc) is 3.15. The molecule has 3 rings (SSSR count). The first-order valence-corrected chi connectivity index (χ1v) is 9.04. The molecule has 1 N–H and O–H groups in total. The lowest BCUT2D eigenvalue weighted by Crippen LogP contribution is -2.17. The van der Waals surface area contributed by atoms with Gasteiger partial charge in [0.05, 0.1) is 24.6 Å². The Labute approximate surface area is 168 Å². The van der Waals surface area contributed by atoms with Gasteiger partial charge in [0.25, 0.3) is 0 Å². The van der Waals surface area contributed by atoms with Crippen LogP contribution in [0.1, 0.15) is 34.3 Å². The van der Waals surface area contributed by atoms with Crippen molar-refractivity contribution in [3.05, 3.63) is 71.4 Å². The number of Topliss-reactive ketones (excluding diaryl/α,β-unsaturated/α-hetero) is 1. The Balaban J connectivity index is 1.72. The number of hydrogen-bond acceptors (Lipinski definition) is 5. The molecule has 7 nitrogen and oxygen atoms in total. The van der Waals surface area contributed by atoms with E-state index in [9.17, 15) is 14.9 Å². The number of rotatable bonds is 7. The van der Waals surface area contributed by atoms with Gasteiger partial charge >= 0.3 is 0 Å². The van der Waals surface area contributed by atoms with Crippen LogP contribution in [-0.2, 0) is 4.79 Å². The van der Waals surface area contributed by atoms with E-state index < -0.39 is 0 Å². The van der Waals surface area contributed by atoms with Gasteiger partial charge in [-0.1, -0.05) is 29.8 Å². The predicted molar refractivity (Wildman–Crippen MR) is 108 cm³/mol. The van der Waals surface area contributed by atoms with Gasteiger partial charge in [-0.2, -0.15) is 10.4 Å². The van der Waals surface area contributed by atoms with Crippen molar-refractivity contribution in [2.45, 2.75) is 19.8 Å². The number of ketones is 1. The highest BCUT2D eigenvalue weighted by Crippen LogP contribution is 2.23. The van der Waals surface area contributed by atoms with Crippen LogP contribution in [0.5, 0.6) is 5.75 Å². The van der Waals surface area contributed by atoms with Gasteiger partial charge in [-0.25, -0.2) is 4.68 Å². The Morgan fingerprint density at radius 2 is 1.93 bits per heavy atom. The number of carbonyl (C=O) groups is 2. The van der Waals surface area contributed by atoms with E-state index in [2.05, 4.69) is 10.4 Å². The maximum absolute atomic E-state index is 12.6. The summed E-state index contributed by atoms with van der Waals surface area (Å²) in [5.41, 5.74) is 2.34. The summed E-state index contributed by atoms with van der Waals surface area (Å²) in [5.74, 6) is 0.205. The molecule has 0 atom stereocenters. The number of aromatic nitrogens is 2. The Morgan fingerprint density at radius 1 is 1.17 bits per heavy atom. The van der Waals surface area contributed by atoms with Crippen molar-refractivity contribution in [2.24, 2.45) is 0 Å². The van der Waals surface area contributed by atoms with E-state index in [1.54, 1.807) is 12.1 Å². The van der Waals surface area contributed by atoms with Crippen LogP contribution in [0, 0.1) is 18.3 Å². The Bertz CT molecular complexity index is 1080. The molecule has 0 fully saturated rings. The molecule has 1 heterocycles. The number of amides is 1. The first kappa shape index (κ1) is 19.8. The molecule has 0 bridgehead atoms. The van der Waals surface area contributed by atoms with Gasteiger partial charge in [-0.15, -0.1) is 0 Å². The van der Waals surface area contributed by atoms with Crippen LogP contribution in [0.3, 0.4) is 0 Å². The SMILES string of the molecule is COc1ccc(C)cc1C(=O)CCC(=O)Nc1c(C#N)cnn1-c1ccccc1. The number of nitrogens with zero attached hydrogens (tertiary/aromatic N) is 3. The third-order valence-corrected chi connectivity index (χ3v) is 4.38. The summed E-state index contributed by atoms with van der Waals surface area (Å²) in [4.78, 5) is 25.0. The van der Waals surface area contributed by atoms with Gasteiger partial charge in [0.2, 0.25) is 5.91 Å². The van der Waals surface area contributed by atoms with Crippen LogP contribution in [0.4, 0.5) is 5.82 Å². The van der Waals surface area contributed by atoms with Gasteiger partial charge in [0.1, 0.15) is 17.4 Å². The van der Waals surface area contributed by atoms with Crippen molar-refractivity contribution in [3.63, 3.8) is 0 Å². The molecule has 2 aromatic carbocycles.